The molecular formula is C7H9N7O. The van der Waals surface area contributed by atoms with E-state index in [4.69, 9.17) is 0 Å². The van der Waals surface area contributed by atoms with E-state index in [0.29, 0.717) is 5.82 Å². The topological polar surface area (TPSA) is 101 Å². The van der Waals surface area contributed by atoms with Crippen LogP contribution in [0, 0.1) is 6.92 Å². The molecule has 0 spiro atoms. The molecule has 0 fully saturated rings. The summed E-state index contributed by atoms with van der Waals surface area (Å²) in [5.74, 6) is 0.263. The van der Waals surface area contributed by atoms with Gasteiger partial charge < -0.3 is 5.32 Å². The number of carbonyl (C=O) groups is 1. The van der Waals surface area contributed by atoms with E-state index in [1.165, 1.54) is 11.0 Å². The Hall–Kier alpha value is -2.25. The number of aromatic nitrogens is 6. The van der Waals surface area contributed by atoms with Crippen LogP contribution in [0.25, 0.3) is 0 Å². The summed E-state index contributed by atoms with van der Waals surface area (Å²) in [5, 5.41) is 19.6. The van der Waals surface area contributed by atoms with E-state index in [1.807, 2.05) is 6.92 Å². The second-order valence-corrected chi connectivity index (χ2v) is 2.99. The molecule has 0 radical (unpaired) electrons. The third kappa shape index (κ3) is 2.36. The van der Waals surface area contributed by atoms with Gasteiger partial charge in [0.1, 0.15) is 12.9 Å². The number of nitrogens with zero attached hydrogens (tertiary/aromatic N) is 5. The van der Waals surface area contributed by atoms with Crippen LogP contribution < -0.4 is 5.32 Å². The summed E-state index contributed by atoms with van der Waals surface area (Å²) in [5.41, 5.74) is 0.882. The van der Waals surface area contributed by atoms with Crippen molar-refractivity contribution < 1.29 is 4.79 Å². The van der Waals surface area contributed by atoms with Crippen molar-refractivity contribution in [3.8, 4) is 0 Å². The SMILES string of the molecule is Cc1cc(NC(=O)Cn2cnnn2)n[nH]1. The molecule has 0 aromatic carbocycles. The van der Waals surface area contributed by atoms with Crippen molar-refractivity contribution in [2.45, 2.75) is 13.5 Å². The molecule has 2 N–H and O–H groups in total. The Kier molecular flexibility index (Phi) is 2.40. The third-order valence-electron chi connectivity index (χ3n) is 1.67. The maximum Gasteiger partial charge on any atom is 0.247 e. The zero-order chi connectivity index (χ0) is 10.7. The van der Waals surface area contributed by atoms with Crippen LogP contribution in [0.5, 0.6) is 0 Å². The summed E-state index contributed by atoms with van der Waals surface area (Å²) in [6, 6.07) is 1.73. The Morgan fingerprint density at radius 3 is 3.13 bits per heavy atom. The van der Waals surface area contributed by atoms with Crippen molar-refractivity contribution in [3.05, 3.63) is 18.1 Å². The summed E-state index contributed by atoms with van der Waals surface area (Å²) >= 11 is 0. The number of nitrogens with one attached hydrogen (secondary N) is 2. The van der Waals surface area contributed by atoms with E-state index in [-0.39, 0.29) is 12.5 Å². The van der Waals surface area contributed by atoms with Gasteiger partial charge in [0.25, 0.3) is 0 Å². The van der Waals surface area contributed by atoms with Gasteiger partial charge in [0.2, 0.25) is 5.91 Å². The summed E-state index contributed by atoms with van der Waals surface area (Å²) in [6.07, 6.45) is 1.37. The van der Waals surface area contributed by atoms with Gasteiger partial charge in [-0.1, -0.05) is 0 Å². The van der Waals surface area contributed by atoms with Gasteiger partial charge in [0, 0.05) is 11.8 Å². The molecule has 0 saturated carbocycles. The van der Waals surface area contributed by atoms with Gasteiger partial charge in [-0.05, 0) is 17.4 Å². The quantitative estimate of drug-likeness (QED) is 0.695. The highest BCUT2D eigenvalue weighted by atomic mass is 16.2. The van der Waals surface area contributed by atoms with Gasteiger partial charge in [-0.15, -0.1) is 5.10 Å². The number of amides is 1. The molecule has 0 unspecified atom stereocenters. The first-order valence-corrected chi connectivity index (χ1v) is 4.26. The number of H-pyrrole nitrogens is 1. The lowest BCUT2D eigenvalue weighted by atomic mass is 10.4. The fourth-order valence-electron chi connectivity index (χ4n) is 1.06. The fraction of sp³-hybridized carbons (Fsp3) is 0.286. The van der Waals surface area contributed by atoms with E-state index in [9.17, 15) is 4.79 Å². The van der Waals surface area contributed by atoms with Gasteiger partial charge >= 0.3 is 0 Å². The Labute approximate surface area is 84.7 Å². The molecule has 0 aliphatic heterocycles. The van der Waals surface area contributed by atoms with Gasteiger partial charge in [0.05, 0.1) is 0 Å². The van der Waals surface area contributed by atoms with Gasteiger partial charge in [-0.25, -0.2) is 4.68 Å². The maximum atomic E-state index is 11.4. The van der Waals surface area contributed by atoms with Crippen molar-refractivity contribution in [2.24, 2.45) is 0 Å². The lowest BCUT2D eigenvalue weighted by molar-refractivity contribution is -0.116. The lowest BCUT2D eigenvalue weighted by Gasteiger charge is -1.99. The molecule has 2 heterocycles. The van der Waals surface area contributed by atoms with E-state index >= 15 is 0 Å². The summed E-state index contributed by atoms with van der Waals surface area (Å²) in [4.78, 5) is 11.4. The first kappa shape index (κ1) is 9.31. The van der Waals surface area contributed by atoms with E-state index in [1.54, 1.807) is 6.07 Å². The van der Waals surface area contributed by atoms with Crippen LogP contribution in [-0.4, -0.2) is 36.3 Å². The predicted octanol–water partition coefficient (Wildman–Crippen LogP) is -0.657. The van der Waals surface area contributed by atoms with E-state index < -0.39 is 0 Å². The molecular weight excluding hydrogens is 198 g/mol. The van der Waals surface area contributed by atoms with Crippen molar-refractivity contribution in [2.75, 3.05) is 5.32 Å². The fourth-order valence-corrected chi connectivity index (χ4v) is 1.06. The molecule has 0 saturated heterocycles. The van der Waals surface area contributed by atoms with Crippen LogP contribution in [0.4, 0.5) is 5.82 Å². The van der Waals surface area contributed by atoms with Crippen molar-refractivity contribution in [1.82, 2.24) is 30.4 Å². The average Bonchev–Trinajstić information content (AvgIpc) is 2.77. The molecule has 0 aliphatic rings. The first-order valence-electron chi connectivity index (χ1n) is 4.26. The van der Waals surface area contributed by atoms with Crippen molar-refractivity contribution in [3.63, 3.8) is 0 Å². The van der Waals surface area contributed by atoms with Gasteiger partial charge in [0.15, 0.2) is 5.82 Å². The Morgan fingerprint density at radius 2 is 2.53 bits per heavy atom. The van der Waals surface area contributed by atoms with Gasteiger partial charge in [-0.2, -0.15) is 5.10 Å². The highest BCUT2D eigenvalue weighted by Gasteiger charge is 2.05. The van der Waals surface area contributed by atoms with Crippen LogP contribution in [0.1, 0.15) is 5.69 Å². The third-order valence-corrected chi connectivity index (χ3v) is 1.67. The molecule has 0 atom stereocenters. The number of carbonyl (C=O) groups excluding carboxylic acids is 1. The predicted molar refractivity (Wildman–Crippen MR) is 49.8 cm³/mol. The number of aromatic amines is 1. The molecule has 0 bridgehead atoms. The molecule has 8 nitrogen and oxygen atoms in total. The largest absolute Gasteiger partial charge is 0.308 e. The number of hydrogen-bond acceptors (Lipinski definition) is 5. The van der Waals surface area contributed by atoms with E-state index in [2.05, 4.69) is 31.0 Å². The lowest BCUT2D eigenvalue weighted by Crippen LogP contribution is -2.19. The molecule has 2 aromatic rings. The molecule has 15 heavy (non-hydrogen) atoms. The van der Waals surface area contributed by atoms with Crippen LogP contribution in [-0.2, 0) is 11.3 Å². The molecule has 1 amide bonds. The number of aryl methyl sites for hydroxylation is 1. The average molecular weight is 207 g/mol. The number of tetrazole rings is 1. The van der Waals surface area contributed by atoms with Crippen LogP contribution in [0.2, 0.25) is 0 Å². The standard InChI is InChI=1S/C7H9N7O/c1-5-2-6(11-10-5)9-7(15)3-14-4-8-12-13-14/h2,4H,3H2,1H3,(H2,9,10,11,15). The molecule has 2 rings (SSSR count). The highest BCUT2D eigenvalue weighted by molar-refractivity contribution is 5.89. The normalized spacial score (nSPS) is 10.2. The van der Waals surface area contributed by atoms with Crippen LogP contribution in [0.3, 0.4) is 0 Å². The second kappa shape index (κ2) is 3.86. The minimum absolute atomic E-state index is 0.0684. The highest BCUT2D eigenvalue weighted by Crippen LogP contribution is 2.03. The Morgan fingerprint density at radius 1 is 1.67 bits per heavy atom. The zero-order valence-corrected chi connectivity index (χ0v) is 8.01. The van der Waals surface area contributed by atoms with E-state index in [0.717, 1.165) is 5.69 Å². The molecule has 78 valence electrons. The minimum Gasteiger partial charge on any atom is -0.308 e. The van der Waals surface area contributed by atoms with Crippen LogP contribution >= 0.6 is 0 Å². The zero-order valence-electron chi connectivity index (χ0n) is 8.01. The minimum atomic E-state index is -0.228. The number of anilines is 1. The summed E-state index contributed by atoms with van der Waals surface area (Å²) < 4.78 is 1.33. The maximum absolute atomic E-state index is 11.4. The summed E-state index contributed by atoms with van der Waals surface area (Å²) in [6.45, 7) is 1.92. The van der Waals surface area contributed by atoms with Crippen molar-refractivity contribution in [1.29, 1.82) is 0 Å². The summed E-state index contributed by atoms with van der Waals surface area (Å²) in [7, 11) is 0. The smallest absolute Gasteiger partial charge is 0.247 e. The monoisotopic (exact) mass is 207 g/mol. The number of rotatable bonds is 3. The number of hydrogen-bond donors (Lipinski definition) is 2. The first-order chi connectivity index (χ1) is 7.24. The van der Waals surface area contributed by atoms with Gasteiger partial charge in [-0.3, -0.25) is 9.89 Å². The molecule has 8 heteroatoms. The molecule has 0 aliphatic carbocycles. The van der Waals surface area contributed by atoms with Crippen molar-refractivity contribution >= 4 is 11.7 Å². The Balaban J connectivity index is 1.93. The van der Waals surface area contributed by atoms with Crippen LogP contribution in [0.15, 0.2) is 12.4 Å². The molecule has 2 aromatic heterocycles. The Bertz CT molecular complexity index is 446. The second-order valence-electron chi connectivity index (χ2n) is 2.99.